The van der Waals surface area contributed by atoms with E-state index in [2.05, 4.69) is 30.6 Å². The number of halogens is 1. The van der Waals surface area contributed by atoms with Gasteiger partial charge in [0.05, 0.1) is 29.7 Å². The number of piperidine rings is 2. The molecule has 17 heteroatoms. The van der Waals surface area contributed by atoms with E-state index >= 15 is 4.39 Å². The van der Waals surface area contributed by atoms with Gasteiger partial charge in [-0.25, -0.2) is 9.49 Å². The number of aromatic amines is 1. The molecule has 4 saturated heterocycles. The highest BCUT2D eigenvalue weighted by Gasteiger charge is 2.37. The number of piperazine rings is 2. The lowest BCUT2D eigenvalue weighted by atomic mass is 9.89. The molecule has 3 aromatic carbocycles. The van der Waals surface area contributed by atoms with Crippen LogP contribution >= 0.6 is 0 Å². The summed E-state index contributed by atoms with van der Waals surface area (Å²) in [6, 6.07) is 19.7. The fourth-order valence-electron chi connectivity index (χ4n) is 10.6. The summed E-state index contributed by atoms with van der Waals surface area (Å²) >= 11 is 0. The number of hydrogen-bond acceptors (Lipinski definition) is 10. The Morgan fingerprint density at radius 2 is 1.44 bits per heavy atom. The smallest absolute Gasteiger partial charge is 0.272 e. The van der Waals surface area contributed by atoms with Crippen molar-refractivity contribution in [2.75, 3.05) is 98.2 Å². The molecule has 4 aromatic rings. The van der Waals surface area contributed by atoms with E-state index in [1.807, 2.05) is 40.1 Å². The van der Waals surface area contributed by atoms with Gasteiger partial charge in [0.1, 0.15) is 11.4 Å². The first-order valence-corrected chi connectivity index (χ1v) is 25.3. The molecule has 5 heterocycles. The minimum Gasteiger partial charge on any atom is -0.341 e. The molecule has 5 fully saturated rings. The fourth-order valence-corrected chi connectivity index (χ4v) is 10.6. The third kappa shape index (κ3) is 11.8. The molecule has 1 aromatic heterocycles. The van der Waals surface area contributed by atoms with Crippen LogP contribution in [-0.2, 0) is 20.8 Å². The Hall–Kier alpha value is -6.04. The summed E-state index contributed by atoms with van der Waals surface area (Å²) in [4.78, 5) is 91.4. The van der Waals surface area contributed by atoms with E-state index in [1.54, 1.807) is 54.0 Å². The minimum atomic E-state index is -1.09. The predicted molar refractivity (Wildman–Crippen MR) is 264 cm³/mol. The zero-order valence-corrected chi connectivity index (χ0v) is 40.6. The van der Waals surface area contributed by atoms with Crippen LogP contribution in [0.2, 0.25) is 0 Å². The number of aromatic nitrogens is 2. The maximum absolute atomic E-state index is 15.1. The molecule has 0 radical (unpaired) electrons. The summed E-state index contributed by atoms with van der Waals surface area (Å²) in [7, 11) is 0. The second kappa shape index (κ2) is 21.5. The number of amides is 5. The molecule has 0 spiro atoms. The zero-order chi connectivity index (χ0) is 48.9. The van der Waals surface area contributed by atoms with Crippen molar-refractivity contribution in [2.24, 2.45) is 5.92 Å². The molecule has 9 rings (SSSR count). The van der Waals surface area contributed by atoms with Gasteiger partial charge in [0.25, 0.3) is 17.4 Å². The van der Waals surface area contributed by atoms with Crippen molar-refractivity contribution in [3.05, 3.63) is 111 Å². The van der Waals surface area contributed by atoms with Crippen LogP contribution in [0.3, 0.4) is 0 Å². The Labute approximate surface area is 408 Å². The molecule has 1 atom stereocenters. The van der Waals surface area contributed by atoms with E-state index in [0.29, 0.717) is 105 Å². The van der Waals surface area contributed by atoms with E-state index in [-0.39, 0.29) is 40.7 Å². The zero-order valence-electron chi connectivity index (χ0n) is 40.6. The van der Waals surface area contributed by atoms with Crippen molar-refractivity contribution < 1.29 is 28.4 Å². The average molecular weight is 959 g/mol. The Kier molecular flexibility index (Phi) is 15.1. The summed E-state index contributed by atoms with van der Waals surface area (Å²) in [6.45, 7) is 12.3. The first kappa shape index (κ1) is 49.0. The van der Waals surface area contributed by atoms with Crippen LogP contribution in [0, 0.1) is 11.7 Å². The van der Waals surface area contributed by atoms with Crippen LogP contribution < -0.4 is 16.2 Å². The molecule has 3 N–H and O–H groups in total. The maximum Gasteiger partial charge on any atom is 0.272 e. The van der Waals surface area contributed by atoms with Gasteiger partial charge < -0.3 is 30.2 Å². The molecule has 5 amide bonds. The lowest BCUT2D eigenvalue weighted by Crippen LogP contribution is -2.60. The van der Waals surface area contributed by atoms with Crippen molar-refractivity contribution in [1.29, 1.82) is 0 Å². The number of fused-ring (bicyclic) bond motifs is 1. The topological polar surface area (TPSA) is 175 Å². The molecule has 4 aliphatic heterocycles. The Morgan fingerprint density at radius 1 is 0.729 bits per heavy atom. The second-order valence-corrected chi connectivity index (χ2v) is 20.6. The van der Waals surface area contributed by atoms with Crippen LogP contribution in [0.4, 0.5) is 4.39 Å². The fraction of sp³-hybridized carbons (Fsp3) is 0.528. The van der Waals surface area contributed by atoms with Crippen molar-refractivity contribution in [1.82, 2.24) is 50.2 Å². The molecule has 5 aliphatic rings. The number of benzene rings is 3. The molecular formula is C53H67FN10O6. The van der Waals surface area contributed by atoms with E-state index in [0.717, 1.165) is 83.4 Å². The van der Waals surface area contributed by atoms with Crippen molar-refractivity contribution in [2.45, 2.75) is 76.3 Å². The third-order valence-corrected chi connectivity index (χ3v) is 15.0. The summed E-state index contributed by atoms with van der Waals surface area (Å²) in [5.41, 5.74) is 1.46. The quantitative estimate of drug-likeness (QED) is 0.170. The van der Waals surface area contributed by atoms with Gasteiger partial charge in [-0.1, -0.05) is 36.4 Å². The number of rotatable bonds is 14. The molecular weight excluding hydrogens is 892 g/mol. The standard InChI is InChI=1S/C53H67FN10O6/c1-53(2,56-49(67)39-8-5-7-38(31-39)40-9-6-18-64(34-40)47(65)32-55-41-13-14-41)52(70)63-23-21-60(22-24-63)33-36-16-19-59(20-17-36)35-48(66)61-25-27-62(28-26-61)51(69)44-29-37(12-15-45(44)54)30-46-42-10-3-4-11-43(42)50(68)58-57-46/h3-5,7-8,10-12,15,29,31,36,40-41,55H,6,9,13-14,16-28,30,32-35H2,1-2H3,(H,56,67)(H,58,68). The van der Waals surface area contributed by atoms with E-state index < -0.39 is 17.3 Å². The number of carbonyl (C=O) groups excluding carboxylic acids is 5. The molecule has 1 aliphatic carbocycles. The predicted octanol–water partition coefficient (Wildman–Crippen LogP) is 3.46. The summed E-state index contributed by atoms with van der Waals surface area (Å²) < 4.78 is 15.1. The molecule has 70 heavy (non-hydrogen) atoms. The Bertz CT molecular complexity index is 2630. The number of hydrogen-bond donors (Lipinski definition) is 3. The number of nitrogens with one attached hydrogen (secondary N) is 3. The van der Waals surface area contributed by atoms with Crippen LogP contribution in [-0.4, -0.2) is 179 Å². The lowest BCUT2D eigenvalue weighted by molar-refractivity contribution is -0.138. The first-order chi connectivity index (χ1) is 33.8. The lowest BCUT2D eigenvalue weighted by Gasteiger charge is -2.41. The van der Waals surface area contributed by atoms with Gasteiger partial charge in [-0.15, -0.1) is 0 Å². The van der Waals surface area contributed by atoms with E-state index in [4.69, 9.17) is 0 Å². The first-order valence-electron chi connectivity index (χ1n) is 25.3. The largest absolute Gasteiger partial charge is 0.341 e. The van der Waals surface area contributed by atoms with Gasteiger partial charge in [0.2, 0.25) is 17.7 Å². The van der Waals surface area contributed by atoms with Gasteiger partial charge in [0, 0.05) is 101 Å². The van der Waals surface area contributed by atoms with Crippen LogP contribution in [0.15, 0.2) is 71.5 Å². The highest BCUT2D eigenvalue weighted by Crippen LogP contribution is 2.29. The third-order valence-electron chi connectivity index (χ3n) is 15.0. The van der Waals surface area contributed by atoms with Crippen molar-refractivity contribution in [3.8, 4) is 0 Å². The monoisotopic (exact) mass is 959 g/mol. The molecule has 0 bridgehead atoms. The van der Waals surface area contributed by atoms with Crippen LogP contribution in [0.5, 0.6) is 0 Å². The second-order valence-electron chi connectivity index (χ2n) is 20.6. The minimum absolute atomic E-state index is 0.0254. The number of carbonyl (C=O) groups is 5. The number of H-pyrrole nitrogens is 1. The molecule has 1 saturated carbocycles. The molecule has 1 unspecified atom stereocenters. The molecule has 16 nitrogen and oxygen atoms in total. The highest BCUT2D eigenvalue weighted by molar-refractivity contribution is 5.99. The summed E-state index contributed by atoms with van der Waals surface area (Å²) in [6.07, 6.45) is 6.42. The molecule has 372 valence electrons. The summed E-state index contributed by atoms with van der Waals surface area (Å²) in [5, 5.41) is 14.3. The van der Waals surface area contributed by atoms with E-state index in [1.165, 1.54) is 6.07 Å². The maximum atomic E-state index is 15.1. The van der Waals surface area contributed by atoms with Gasteiger partial charge in [-0.2, -0.15) is 5.10 Å². The van der Waals surface area contributed by atoms with E-state index in [9.17, 15) is 28.8 Å². The highest BCUT2D eigenvalue weighted by atomic mass is 19.1. The average Bonchev–Trinajstić information content (AvgIpc) is 4.22. The van der Waals surface area contributed by atoms with Crippen LogP contribution in [0.25, 0.3) is 10.8 Å². The number of likely N-dealkylation sites (tertiary alicyclic amines) is 2. The Morgan fingerprint density at radius 3 is 2.19 bits per heavy atom. The SMILES string of the molecule is CC(C)(NC(=O)c1cccc(C2CCCN(C(=O)CNC3CC3)C2)c1)C(=O)N1CCN(CC2CCN(CC(=O)N3CCN(C(=O)c4cc(Cc5n[nH]c(=O)c6ccccc56)ccc4F)CC3)CC2)CC1. The van der Waals surface area contributed by atoms with Crippen molar-refractivity contribution in [3.63, 3.8) is 0 Å². The van der Waals surface area contributed by atoms with Crippen molar-refractivity contribution >= 4 is 40.3 Å². The normalized spacial score (nSPS) is 19.9. The van der Waals surface area contributed by atoms with Gasteiger partial charge in [0.15, 0.2) is 0 Å². The Balaban J connectivity index is 0.675. The van der Waals surface area contributed by atoms with Gasteiger partial charge >= 0.3 is 0 Å². The number of nitrogens with zero attached hydrogens (tertiary/aromatic N) is 7. The van der Waals surface area contributed by atoms with Crippen LogP contribution in [0.1, 0.15) is 95.8 Å². The van der Waals surface area contributed by atoms with Gasteiger partial charge in [-0.05, 0) is 113 Å². The summed E-state index contributed by atoms with van der Waals surface area (Å²) in [5.74, 6) is -0.602. The van der Waals surface area contributed by atoms with Gasteiger partial charge in [-0.3, -0.25) is 38.6 Å².